The molecule has 138 valence electrons. The number of rotatable bonds is 9. The van der Waals surface area contributed by atoms with E-state index < -0.39 is 0 Å². The minimum Gasteiger partial charge on any atom is -0.356 e. The molecule has 1 amide bonds. The van der Waals surface area contributed by atoms with E-state index in [4.69, 9.17) is 0 Å². The van der Waals surface area contributed by atoms with Crippen LogP contribution in [0.2, 0.25) is 0 Å². The Hall–Kier alpha value is -2.13. The molecule has 0 unspecified atom stereocenters. The van der Waals surface area contributed by atoms with E-state index in [1.54, 1.807) is 0 Å². The quantitative estimate of drug-likeness (QED) is 0.688. The van der Waals surface area contributed by atoms with Crippen LogP contribution in [0.3, 0.4) is 0 Å². The van der Waals surface area contributed by atoms with Crippen molar-refractivity contribution in [2.45, 2.75) is 38.0 Å². The van der Waals surface area contributed by atoms with Gasteiger partial charge in [-0.2, -0.15) is 0 Å². The molecule has 0 bridgehead atoms. The van der Waals surface area contributed by atoms with E-state index in [9.17, 15) is 4.79 Å². The van der Waals surface area contributed by atoms with Gasteiger partial charge in [-0.15, -0.1) is 0 Å². The van der Waals surface area contributed by atoms with Crippen LogP contribution >= 0.6 is 0 Å². The highest BCUT2D eigenvalue weighted by Gasteiger charge is 2.17. The fourth-order valence-corrected chi connectivity index (χ4v) is 3.75. The van der Waals surface area contributed by atoms with Crippen LogP contribution < -0.4 is 5.32 Å². The zero-order valence-corrected chi connectivity index (χ0v) is 15.6. The van der Waals surface area contributed by atoms with Crippen molar-refractivity contribution in [3.63, 3.8) is 0 Å². The monoisotopic (exact) mass is 350 g/mol. The molecule has 1 aliphatic heterocycles. The summed E-state index contributed by atoms with van der Waals surface area (Å²) < 4.78 is 0. The fraction of sp³-hybridized carbons (Fsp3) is 0.435. The number of carbonyl (C=O) groups is 1. The Kier molecular flexibility index (Phi) is 7.26. The van der Waals surface area contributed by atoms with Crippen molar-refractivity contribution in [1.29, 1.82) is 0 Å². The molecular formula is C23H30N2O. The number of hydrogen-bond donors (Lipinski definition) is 1. The van der Waals surface area contributed by atoms with E-state index in [0.717, 1.165) is 13.0 Å². The Balaban J connectivity index is 1.48. The number of likely N-dealkylation sites (tertiary alicyclic amines) is 1. The van der Waals surface area contributed by atoms with Crippen LogP contribution in [0.4, 0.5) is 0 Å². The molecule has 0 atom stereocenters. The lowest BCUT2D eigenvalue weighted by atomic mass is 9.88. The molecule has 0 aromatic heterocycles. The van der Waals surface area contributed by atoms with Gasteiger partial charge in [0.15, 0.2) is 0 Å². The topological polar surface area (TPSA) is 32.3 Å². The van der Waals surface area contributed by atoms with Gasteiger partial charge in [0.1, 0.15) is 0 Å². The van der Waals surface area contributed by atoms with Crippen molar-refractivity contribution in [3.8, 4) is 0 Å². The van der Waals surface area contributed by atoms with Gasteiger partial charge >= 0.3 is 0 Å². The maximum atomic E-state index is 12.5. The van der Waals surface area contributed by atoms with Crippen molar-refractivity contribution in [2.24, 2.45) is 0 Å². The Bertz CT molecular complexity index is 611. The van der Waals surface area contributed by atoms with E-state index in [2.05, 4.69) is 34.5 Å². The largest absolute Gasteiger partial charge is 0.356 e. The minimum absolute atomic E-state index is 0.113. The zero-order valence-electron chi connectivity index (χ0n) is 15.6. The van der Waals surface area contributed by atoms with E-state index >= 15 is 0 Å². The summed E-state index contributed by atoms with van der Waals surface area (Å²) in [5.74, 6) is 0.255. The summed E-state index contributed by atoms with van der Waals surface area (Å²) in [6, 6.07) is 20.7. The normalized spacial score (nSPS) is 14.7. The van der Waals surface area contributed by atoms with Crippen molar-refractivity contribution >= 4 is 5.91 Å². The number of hydrogen-bond acceptors (Lipinski definition) is 2. The van der Waals surface area contributed by atoms with Crippen LogP contribution in [0, 0.1) is 0 Å². The molecule has 2 aromatic carbocycles. The van der Waals surface area contributed by atoms with E-state index in [1.165, 1.54) is 50.0 Å². The standard InChI is InChI=1S/C23H30N2O/c26-23(24-15-7-8-16-25-17-9-10-18-25)19-22(20-11-3-1-4-12-20)21-13-5-2-6-14-21/h1-6,11-14,22H,7-10,15-19H2,(H,24,26). The summed E-state index contributed by atoms with van der Waals surface area (Å²) in [6.07, 6.45) is 5.42. The molecule has 2 aromatic rings. The lowest BCUT2D eigenvalue weighted by Crippen LogP contribution is -2.27. The number of amides is 1. The number of unbranched alkanes of at least 4 members (excludes halogenated alkanes) is 1. The summed E-state index contributed by atoms with van der Waals surface area (Å²) in [4.78, 5) is 15.0. The molecule has 0 saturated carbocycles. The Labute approximate surface area is 157 Å². The maximum absolute atomic E-state index is 12.5. The lowest BCUT2D eigenvalue weighted by molar-refractivity contribution is -0.121. The van der Waals surface area contributed by atoms with Crippen molar-refractivity contribution < 1.29 is 4.79 Å². The van der Waals surface area contributed by atoms with E-state index in [0.29, 0.717) is 6.42 Å². The van der Waals surface area contributed by atoms with Crippen molar-refractivity contribution in [1.82, 2.24) is 10.2 Å². The van der Waals surface area contributed by atoms with Gasteiger partial charge in [0.05, 0.1) is 0 Å². The molecule has 1 fully saturated rings. The van der Waals surface area contributed by atoms with E-state index in [1.807, 2.05) is 36.4 Å². The third-order valence-electron chi connectivity index (χ3n) is 5.22. The first kappa shape index (κ1) is 18.7. The summed E-state index contributed by atoms with van der Waals surface area (Å²) in [5.41, 5.74) is 2.39. The molecule has 3 nitrogen and oxygen atoms in total. The molecule has 0 spiro atoms. The number of nitrogens with one attached hydrogen (secondary N) is 1. The van der Waals surface area contributed by atoms with Gasteiger partial charge in [-0.05, 0) is 56.4 Å². The molecule has 3 rings (SSSR count). The first-order valence-electron chi connectivity index (χ1n) is 9.92. The minimum atomic E-state index is 0.113. The number of carbonyl (C=O) groups excluding carboxylic acids is 1. The highest BCUT2D eigenvalue weighted by molar-refractivity contribution is 5.77. The summed E-state index contributed by atoms with van der Waals surface area (Å²) in [6.45, 7) is 4.46. The second-order valence-corrected chi connectivity index (χ2v) is 7.18. The van der Waals surface area contributed by atoms with Crippen LogP contribution in [0.1, 0.15) is 49.1 Å². The van der Waals surface area contributed by atoms with Gasteiger partial charge in [0.25, 0.3) is 0 Å². The van der Waals surface area contributed by atoms with Crippen LogP contribution in [-0.2, 0) is 4.79 Å². The van der Waals surface area contributed by atoms with E-state index in [-0.39, 0.29) is 11.8 Å². The van der Waals surface area contributed by atoms with Crippen molar-refractivity contribution in [2.75, 3.05) is 26.2 Å². The predicted molar refractivity (Wildman–Crippen MR) is 107 cm³/mol. The molecule has 0 radical (unpaired) electrons. The van der Waals surface area contributed by atoms with Gasteiger partial charge in [-0.25, -0.2) is 0 Å². The molecule has 1 aliphatic rings. The Morgan fingerprint density at radius 3 is 2.04 bits per heavy atom. The second-order valence-electron chi connectivity index (χ2n) is 7.18. The molecular weight excluding hydrogens is 320 g/mol. The molecule has 1 heterocycles. The van der Waals surface area contributed by atoms with Gasteiger partial charge < -0.3 is 10.2 Å². The van der Waals surface area contributed by atoms with Crippen LogP contribution in [0.25, 0.3) is 0 Å². The molecule has 3 heteroatoms. The lowest BCUT2D eigenvalue weighted by Gasteiger charge is -2.18. The molecule has 0 aliphatic carbocycles. The third kappa shape index (κ3) is 5.70. The Morgan fingerprint density at radius 1 is 0.885 bits per heavy atom. The highest BCUT2D eigenvalue weighted by atomic mass is 16.1. The number of nitrogens with zero attached hydrogens (tertiary/aromatic N) is 1. The van der Waals surface area contributed by atoms with Crippen LogP contribution in [0.15, 0.2) is 60.7 Å². The zero-order chi connectivity index (χ0) is 18.0. The molecule has 1 saturated heterocycles. The Morgan fingerprint density at radius 2 is 1.46 bits per heavy atom. The number of benzene rings is 2. The van der Waals surface area contributed by atoms with Gasteiger partial charge in [-0.1, -0.05) is 60.7 Å². The summed E-state index contributed by atoms with van der Waals surface area (Å²) >= 11 is 0. The van der Waals surface area contributed by atoms with Crippen LogP contribution in [0.5, 0.6) is 0 Å². The smallest absolute Gasteiger partial charge is 0.220 e. The van der Waals surface area contributed by atoms with Gasteiger partial charge in [-0.3, -0.25) is 4.79 Å². The summed E-state index contributed by atoms with van der Waals surface area (Å²) in [7, 11) is 0. The average molecular weight is 351 g/mol. The molecule has 26 heavy (non-hydrogen) atoms. The first-order chi connectivity index (χ1) is 12.8. The highest BCUT2D eigenvalue weighted by Crippen LogP contribution is 2.27. The molecule has 1 N–H and O–H groups in total. The summed E-state index contributed by atoms with van der Waals surface area (Å²) in [5, 5.41) is 3.12. The third-order valence-corrected chi connectivity index (χ3v) is 5.22. The fourth-order valence-electron chi connectivity index (χ4n) is 3.75. The SMILES string of the molecule is O=C(CC(c1ccccc1)c1ccccc1)NCCCCN1CCCC1. The first-order valence-corrected chi connectivity index (χ1v) is 9.92. The maximum Gasteiger partial charge on any atom is 0.220 e. The second kappa shape index (κ2) is 10.1. The van der Waals surface area contributed by atoms with Gasteiger partial charge in [0.2, 0.25) is 5.91 Å². The predicted octanol–water partition coefficient (Wildman–Crippen LogP) is 4.20. The van der Waals surface area contributed by atoms with Crippen LogP contribution in [-0.4, -0.2) is 37.0 Å². The average Bonchev–Trinajstić information content (AvgIpc) is 3.21. The van der Waals surface area contributed by atoms with Gasteiger partial charge in [0, 0.05) is 18.9 Å². The van der Waals surface area contributed by atoms with Crippen molar-refractivity contribution in [3.05, 3.63) is 71.8 Å².